The van der Waals surface area contributed by atoms with Gasteiger partial charge in [-0.3, -0.25) is 9.69 Å². The highest BCUT2D eigenvalue weighted by Gasteiger charge is 2.23. The van der Waals surface area contributed by atoms with Gasteiger partial charge in [0.05, 0.1) is 24.5 Å². The van der Waals surface area contributed by atoms with Crippen LogP contribution in [0.3, 0.4) is 0 Å². The summed E-state index contributed by atoms with van der Waals surface area (Å²) >= 11 is 0. The van der Waals surface area contributed by atoms with E-state index in [-0.39, 0.29) is 18.3 Å². The number of aliphatic imine (C=N–C) groups is 1. The molecule has 1 aromatic heterocycles. The lowest BCUT2D eigenvalue weighted by Crippen LogP contribution is -2.47. The molecule has 1 aliphatic rings. The lowest BCUT2D eigenvalue weighted by Gasteiger charge is -2.24. The summed E-state index contributed by atoms with van der Waals surface area (Å²) in [5.41, 5.74) is 1.56. The van der Waals surface area contributed by atoms with Gasteiger partial charge < -0.3 is 15.5 Å². The number of amides is 1. The molecule has 2 heterocycles. The van der Waals surface area contributed by atoms with Gasteiger partial charge in [0.25, 0.3) is 0 Å². The molecule has 1 fully saturated rings. The van der Waals surface area contributed by atoms with Crippen molar-refractivity contribution in [2.24, 2.45) is 4.99 Å². The molecule has 168 valence electrons. The Kier molecular flexibility index (Phi) is 8.00. The van der Waals surface area contributed by atoms with Crippen LogP contribution in [0.5, 0.6) is 0 Å². The molecule has 9 heteroatoms. The Labute approximate surface area is 183 Å². The molecule has 0 spiro atoms. The van der Waals surface area contributed by atoms with Gasteiger partial charge in [0, 0.05) is 32.9 Å². The molecular weight excluding hydrogens is 397 g/mol. The Morgan fingerprint density at radius 2 is 2.03 bits per heavy atom. The third-order valence-corrected chi connectivity index (χ3v) is 5.45. The summed E-state index contributed by atoms with van der Waals surface area (Å²) in [6.45, 7) is 5.65. The molecule has 31 heavy (non-hydrogen) atoms. The normalized spacial score (nSPS) is 17.0. The molecule has 1 unspecified atom stereocenters. The van der Waals surface area contributed by atoms with E-state index in [1.54, 1.807) is 35.8 Å². The molecule has 1 aliphatic heterocycles. The Hall–Kier alpha value is -2.94. The fourth-order valence-corrected chi connectivity index (χ4v) is 3.59. The second-order valence-corrected chi connectivity index (χ2v) is 7.84. The minimum absolute atomic E-state index is 0.0221. The van der Waals surface area contributed by atoms with Gasteiger partial charge in [-0.05, 0) is 56.3 Å². The minimum atomic E-state index is -0.279. The van der Waals surface area contributed by atoms with Gasteiger partial charge in [0.15, 0.2) is 5.96 Å². The van der Waals surface area contributed by atoms with E-state index in [1.807, 2.05) is 12.3 Å². The van der Waals surface area contributed by atoms with Crippen LogP contribution < -0.4 is 10.6 Å². The summed E-state index contributed by atoms with van der Waals surface area (Å²) in [5.74, 6) is 0.291. The van der Waals surface area contributed by atoms with Crippen LogP contribution in [0.1, 0.15) is 25.5 Å². The highest BCUT2D eigenvalue weighted by Crippen LogP contribution is 2.15. The summed E-state index contributed by atoms with van der Waals surface area (Å²) < 4.78 is 14.8. The van der Waals surface area contributed by atoms with Crippen molar-refractivity contribution in [3.63, 3.8) is 0 Å². The zero-order chi connectivity index (χ0) is 22.2. The van der Waals surface area contributed by atoms with Gasteiger partial charge in [-0.1, -0.05) is 6.92 Å². The Balaban J connectivity index is 1.64. The van der Waals surface area contributed by atoms with Gasteiger partial charge in [-0.15, -0.1) is 0 Å². The van der Waals surface area contributed by atoms with Gasteiger partial charge in [-0.25, -0.2) is 14.1 Å². The van der Waals surface area contributed by atoms with E-state index in [1.165, 1.54) is 18.6 Å². The number of nitrogens with zero attached hydrogens (tertiary/aromatic N) is 5. The third-order valence-electron chi connectivity index (χ3n) is 5.45. The first kappa shape index (κ1) is 22.7. The molecule has 1 saturated heterocycles. The first-order valence-electron chi connectivity index (χ1n) is 10.7. The number of halogens is 1. The van der Waals surface area contributed by atoms with Crippen LogP contribution in [0.4, 0.5) is 4.39 Å². The number of likely N-dealkylation sites (tertiary alicyclic amines) is 1. The van der Waals surface area contributed by atoms with Crippen LogP contribution >= 0.6 is 0 Å². The van der Waals surface area contributed by atoms with E-state index < -0.39 is 0 Å². The fourth-order valence-electron chi connectivity index (χ4n) is 3.59. The minimum Gasteiger partial charge on any atom is -0.355 e. The van der Waals surface area contributed by atoms with Crippen molar-refractivity contribution in [3.05, 3.63) is 48.0 Å². The molecule has 1 amide bonds. The van der Waals surface area contributed by atoms with E-state index in [2.05, 4.69) is 32.5 Å². The summed E-state index contributed by atoms with van der Waals surface area (Å²) in [5, 5.41) is 11.0. The van der Waals surface area contributed by atoms with Gasteiger partial charge in [0.2, 0.25) is 5.91 Å². The summed E-state index contributed by atoms with van der Waals surface area (Å²) in [6.07, 6.45) is 4.19. The molecule has 2 aromatic rings. The highest BCUT2D eigenvalue weighted by molar-refractivity contribution is 5.86. The Morgan fingerprint density at radius 1 is 1.26 bits per heavy atom. The van der Waals surface area contributed by atoms with E-state index >= 15 is 0 Å². The molecule has 0 saturated carbocycles. The molecule has 1 atom stereocenters. The van der Waals surface area contributed by atoms with Crippen molar-refractivity contribution in [3.8, 4) is 5.69 Å². The fraction of sp³-hybridized carbons (Fsp3) is 0.500. The molecule has 1 aromatic carbocycles. The molecule has 0 bridgehead atoms. The number of guanidine groups is 1. The maximum Gasteiger partial charge on any atom is 0.241 e. The van der Waals surface area contributed by atoms with Crippen LogP contribution in [0.15, 0.2) is 41.5 Å². The summed E-state index contributed by atoms with van der Waals surface area (Å²) in [4.78, 5) is 20.6. The predicted octanol–water partition coefficient (Wildman–Crippen LogP) is 1.62. The second-order valence-electron chi connectivity index (χ2n) is 7.84. The number of hydrogen-bond acceptors (Lipinski definition) is 4. The van der Waals surface area contributed by atoms with Crippen molar-refractivity contribution in [2.45, 2.75) is 32.4 Å². The topological polar surface area (TPSA) is 77.8 Å². The van der Waals surface area contributed by atoms with Crippen LogP contribution in [-0.2, 0) is 11.3 Å². The number of nitrogens with one attached hydrogen (secondary N) is 2. The van der Waals surface area contributed by atoms with Crippen molar-refractivity contribution in [2.75, 3.05) is 40.3 Å². The second kappa shape index (κ2) is 10.9. The van der Waals surface area contributed by atoms with Crippen molar-refractivity contribution >= 4 is 11.9 Å². The summed E-state index contributed by atoms with van der Waals surface area (Å²) in [6, 6.07) is 8.52. The highest BCUT2D eigenvalue weighted by atomic mass is 19.1. The smallest absolute Gasteiger partial charge is 0.241 e. The molecule has 0 aliphatic carbocycles. The zero-order valence-electron chi connectivity index (χ0n) is 18.5. The van der Waals surface area contributed by atoms with Crippen LogP contribution in [0.2, 0.25) is 0 Å². The van der Waals surface area contributed by atoms with Gasteiger partial charge in [0.1, 0.15) is 5.82 Å². The van der Waals surface area contributed by atoms with Crippen molar-refractivity contribution < 1.29 is 9.18 Å². The van der Waals surface area contributed by atoms with Crippen LogP contribution in [-0.4, -0.2) is 77.8 Å². The number of rotatable bonds is 8. The quantitative estimate of drug-likeness (QED) is 0.493. The lowest BCUT2D eigenvalue weighted by atomic mass is 10.2. The van der Waals surface area contributed by atoms with Crippen LogP contribution in [0.25, 0.3) is 5.69 Å². The predicted molar refractivity (Wildman–Crippen MR) is 120 cm³/mol. The molecular formula is C22H32FN7O. The van der Waals surface area contributed by atoms with Crippen LogP contribution in [0, 0.1) is 5.82 Å². The number of benzene rings is 1. The average Bonchev–Trinajstić information content (AvgIpc) is 3.42. The summed E-state index contributed by atoms with van der Waals surface area (Å²) in [7, 11) is 3.46. The first-order chi connectivity index (χ1) is 15.0. The maximum absolute atomic E-state index is 13.1. The standard InChI is InChI=1S/C22H32FN7O/c1-4-29-12-5-6-20(29)15-25-22(26-16-21(31)28(2)3)24-14-18-11-13-30(27-18)19-9-7-17(23)8-10-19/h7-11,13,20H,4-6,12,14-16H2,1-3H3,(H2,24,25,26). The van der Waals surface area contributed by atoms with E-state index in [9.17, 15) is 9.18 Å². The largest absolute Gasteiger partial charge is 0.355 e. The number of hydrogen-bond donors (Lipinski definition) is 2. The number of likely N-dealkylation sites (N-methyl/N-ethyl adjacent to an activating group) is 2. The zero-order valence-corrected chi connectivity index (χ0v) is 18.5. The molecule has 3 rings (SSSR count). The molecule has 8 nitrogen and oxygen atoms in total. The van der Waals surface area contributed by atoms with Gasteiger partial charge in [-0.2, -0.15) is 5.10 Å². The number of carbonyl (C=O) groups is 1. The number of aromatic nitrogens is 2. The van der Waals surface area contributed by atoms with Gasteiger partial charge >= 0.3 is 0 Å². The maximum atomic E-state index is 13.1. The number of carbonyl (C=O) groups excluding carboxylic acids is 1. The average molecular weight is 430 g/mol. The molecule has 0 radical (unpaired) electrons. The van der Waals surface area contributed by atoms with Crippen molar-refractivity contribution in [1.29, 1.82) is 0 Å². The van der Waals surface area contributed by atoms with E-state index in [0.29, 0.717) is 18.5 Å². The molecule has 2 N–H and O–H groups in total. The van der Waals surface area contributed by atoms with E-state index in [0.717, 1.165) is 37.4 Å². The Morgan fingerprint density at radius 3 is 2.74 bits per heavy atom. The monoisotopic (exact) mass is 429 g/mol. The van der Waals surface area contributed by atoms with E-state index in [4.69, 9.17) is 0 Å². The SMILES string of the molecule is CCN1CCCC1CNC(=NCc1ccn(-c2ccc(F)cc2)n1)NCC(=O)N(C)C. The lowest BCUT2D eigenvalue weighted by molar-refractivity contribution is -0.127. The first-order valence-corrected chi connectivity index (χ1v) is 10.7. The Bertz CT molecular complexity index is 878. The van der Waals surface area contributed by atoms with Crippen molar-refractivity contribution in [1.82, 2.24) is 30.2 Å². The third kappa shape index (κ3) is 6.52.